The van der Waals surface area contributed by atoms with Crippen molar-refractivity contribution in [2.75, 3.05) is 6.61 Å². The second-order valence-electron chi connectivity index (χ2n) is 6.53. The lowest BCUT2D eigenvalue weighted by molar-refractivity contribution is -0.130. The molecule has 3 rings (SSSR count). The average molecular weight is 289 g/mol. The van der Waals surface area contributed by atoms with Crippen LogP contribution in [0.25, 0.3) is 0 Å². The summed E-state index contributed by atoms with van der Waals surface area (Å²) in [7, 11) is 0. The number of hydrogen-bond donors (Lipinski definition) is 2. The molecule has 2 N–H and O–H groups in total. The largest absolute Gasteiger partial charge is 0.392 e. The van der Waals surface area contributed by atoms with Crippen LogP contribution in [0.3, 0.4) is 0 Å². The minimum absolute atomic E-state index is 0.121. The molecule has 0 radical (unpaired) electrons. The highest BCUT2D eigenvalue weighted by atomic mass is 16.5. The maximum atomic E-state index is 9.08. The molecular formula is C18H27NO2. The maximum absolute atomic E-state index is 9.08. The highest BCUT2D eigenvalue weighted by molar-refractivity contribution is 5.22. The molecule has 0 amide bonds. The zero-order valence-corrected chi connectivity index (χ0v) is 13.0. The van der Waals surface area contributed by atoms with E-state index in [4.69, 9.17) is 9.84 Å². The van der Waals surface area contributed by atoms with Gasteiger partial charge in [0.2, 0.25) is 0 Å². The summed E-state index contributed by atoms with van der Waals surface area (Å²) in [4.78, 5) is 0. The Kier molecular flexibility index (Phi) is 4.63. The first-order chi connectivity index (χ1) is 10.3. The smallest absolute Gasteiger partial charge is 0.0681 e. The molecule has 0 aliphatic heterocycles. The summed E-state index contributed by atoms with van der Waals surface area (Å²) in [6, 6.07) is 8.84. The summed E-state index contributed by atoms with van der Waals surface area (Å²) >= 11 is 0. The molecule has 116 valence electrons. The standard InChI is InChI=1S/C18H27NO2/c1-2-21-17-11-16(18(17)9-3-4-10-18)19-12-14-5-7-15(13-20)8-6-14/h5-8,16-17,19-20H,2-4,9-13H2,1H3. The number of hydrogen-bond acceptors (Lipinski definition) is 3. The van der Waals surface area contributed by atoms with Crippen LogP contribution >= 0.6 is 0 Å². The molecule has 1 spiro atoms. The molecule has 3 heteroatoms. The Morgan fingerprint density at radius 2 is 1.86 bits per heavy atom. The van der Waals surface area contributed by atoms with E-state index in [0.29, 0.717) is 17.6 Å². The van der Waals surface area contributed by atoms with Crippen LogP contribution in [-0.2, 0) is 17.9 Å². The van der Waals surface area contributed by atoms with E-state index in [0.717, 1.165) is 25.1 Å². The zero-order valence-electron chi connectivity index (χ0n) is 13.0. The SMILES string of the molecule is CCOC1CC(NCc2ccc(CO)cc2)C12CCCC2. The molecule has 1 aromatic carbocycles. The fraction of sp³-hybridized carbons (Fsp3) is 0.667. The fourth-order valence-electron chi connectivity index (χ4n) is 4.18. The van der Waals surface area contributed by atoms with Crippen LogP contribution in [-0.4, -0.2) is 23.9 Å². The van der Waals surface area contributed by atoms with E-state index < -0.39 is 0 Å². The van der Waals surface area contributed by atoms with E-state index in [1.165, 1.54) is 31.2 Å². The van der Waals surface area contributed by atoms with Gasteiger partial charge < -0.3 is 15.2 Å². The van der Waals surface area contributed by atoms with Crippen molar-refractivity contribution in [3.05, 3.63) is 35.4 Å². The van der Waals surface area contributed by atoms with Gasteiger partial charge in [-0.15, -0.1) is 0 Å². The highest BCUT2D eigenvalue weighted by Gasteiger charge is 2.56. The number of benzene rings is 1. The molecule has 1 aromatic rings. The second kappa shape index (κ2) is 6.47. The lowest BCUT2D eigenvalue weighted by Gasteiger charge is -2.54. The quantitative estimate of drug-likeness (QED) is 0.846. The number of aliphatic hydroxyl groups excluding tert-OH is 1. The average Bonchev–Trinajstić information content (AvgIpc) is 3.03. The van der Waals surface area contributed by atoms with Gasteiger partial charge in [0.1, 0.15) is 0 Å². The van der Waals surface area contributed by atoms with Gasteiger partial charge in [-0.05, 0) is 37.3 Å². The van der Waals surface area contributed by atoms with Crippen molar-refractivity contribution in [3.8, 4) is 0 Å². The van der Waals surface area contributed by atoms with Crippen LogP contribution in [0.1, 0.15) is 50.2 Å². The molecule has 3 nitrogen and oxygen atoms in total. The van der Waals surface area contributed by atoms with Gasteiger partial charge in [0.05, 0.1) is 12.7 Å². The van der Waals surface area contributed by atoms with Gasteiger partial charge in [-0.25, -0.2) is 0 Å². The summed E-state index contributed by atoms with van der Waals surface area (Å²) in [6.45, 7) is 3.97. The van der Waals surface area contributed by atoms with E-state index in [9.17, 15) is 0 Å². The second-order valence-corrected chi connectivity index (χ2v) is 6.53. The summed E-state index contributed by atoms with van der Waals surface area (Å²) in [5, 5.41) is 12.8. The maximum Gasteiger partial charge on any atom is 0.0681 e. The van der Waals surface area contributed by atoms with Crippen molar-refractivity contribution in [3.63, 3.8) is 0 Å². The van der Waals surface area contributed by atoms with Crippen LogP contribution in [0.5, 0.6) is 0 Å². The molecule has 21 heavy (non-hydrogen) atoms. The molecule has 0 heterocycles. The van der Waals surface area contributed by atoms with Gasteiger partial charge in [0.25, 0.3) is 0 Å². The minimum atomic E-state index is 0.121. The Hall–Kier alpha value is -0.900. The first-order valence-corrected chi connectivity index (χ1v) is 8.32. The molecule has 2 aliphatic rings. The van der Waals surface area contributed by atoms with Gasteiger partial charge in [-0.2, -0.15) is 0 Å². The third-order valence-corrected chi connectivity index (χ3v) is 5.45. The Morgan fingerprint density at radius 1 is 1.19 bits per heavy atom. The van der Waals surface area contributed by atoms with Gasteiger partial charge in [0, 0.05) is 24.6 Å². The van der Waals surface area contributed by atoms with Gasteiger partial charge in [-0.1, -0.05) is 37.1 Å². The topological polar surface area (TPSA) is 41.5 Å². The number of nitrogens with one attached hydrogen (secondary N) is 1. The van der Waals surface area contributed by atoms with Crippen LogP contribution < -0.4 is 5.32 Å². The Balaban J connectivity index is 1.57. The van der Waals surface area contributed by atoms with Crippen LogP contribution in [0.15, 0.2) is 24.3 Å². The van der Waals surface area contributed by atoms with Crippen molar-refractivity contribution in [2.24, 2.45) is 5.41 Å². The molecule has 2 atom stereocenters. The van der Waals surface area contributed by atoms with Crippen molar-refractivity contribution in [1.82, 2.24) is 5.32 Å². The van der Waals surface area contributed by atoms with Crippen molar-refractivity contribution < 1.29 is 9.84 Å². The van der Waals surface area contributed by atoms with Crippen LogP contribution in [0.4, 0.5) is 0 Å². The lowest BCUT2D eigenvalue weighted by atomic mass is 9.60. The van der Waals surface area contributed by atoms with Crippen LogP contribution in [0.2, 0.25) is 0 Å². The summed E-state index contributed by atoms with van der Waals surface area (Å²) in [6.07, 6.45) is 6.97. The van der Waals surface area contributed by atoms with E-state index >= 15 is 0 Å². The number of aliphatic hydroxyl groups is 1. The molecule has 2 fully saturated rings. The first kappa shape index (κ1) is 15.0. The predicted octanol–water partition coefficient (Wildman–Crippen LogP) is 3.01. The molecule has 0 saturated heterocycles. The third-order valence-electron chi connectivity index (χ3n) is 5.45. The molecule has 2 aliphatic carbocycles. The molecule has 2 saturated carbocycles. The zero-order chi connectivity index (χ0) is 14.7. The molecular weight excluding hydrogens is 262 g/mol. The predicted molar refractivity (Wildman–Crippen MR) is 83.9 cm³/mol. The normalized spacial score (nSPS) is 27.0. The Labute approximate surface area is 127 Å². The number of rotatable bonds is 6. The van der Waals surface area contributed by atoms with Gasteiger partial charge in [0.15, 0.2) is 0 Å². The summed E-state index contributed by atoms with van der Waals surface area (Å²) in [5.74, 6) is 0. The molecule has 0 bridgehead atoms. The van der Waals surface area contributed by atoms with E-state index in [1.807, 2.05) is 12.1 Å². The van der Waals surface area contributed by atoms with E-state index in [2.05, 4.69) is 24.4 Å². The highest BCUT2D eigenvalue weighted by Crippen LogP contribution is 2.54. The van der Waals surface area contributed by atoms with Crippen molar-refractivity contribution >= 4 is 0 Å². The van der Waals surface area contributed by atoms with E-state index in [-0.39, 0.29) is 6.61 Å². The van der Waals surface area contributed by atoms with Crippen molar-refractivity contribution in [2.45, 2.75) is 64.3 Å². The summed E-state index contributed by atoms with van der Waals surface area (Å²) in [5.41, 5.74) is 2.67. The minimum Gasteiger partial charge on any atom is -0.392 e. The molecule has 0 aromatic heterocycles. The summed E-state index contributed by atoms with van der Waals surface area (Å²) < 4.78 is 5.96. The van der Waals surface area contributed by atoms with E-state index in [1.54, 1.807) is 0 Å². The Morgan fingerprint density at radius 3 is 2.48 bits per heavy atom. The van der Waals surface area contributed by atoms with Crippen LogP contribution in [0, 0.1) is 5.41 Å². The fourth-order valence-corrected chi connectivity index (χ4v) is 4.18. The third kappa shape index (κ3) is 2.87. The molecule has 2 unspecified atom stereocenters. The Bertz CT molecular complexity index is 451. The number of ether oxygens (including phenoxy) is 1. The van der Waals surface area contributed by atoms with Gasteiger partial charge >= 0.3 is 0 Å². The van der Waals surface area contributed by atoms with Gasteiger partial charge in [-0.3, -0.25) is 0 Å². The first-order valence-electron chi connectivity index (χ1n) is 8.32. The monoisotopic (exact) mass is 289 g/mol. The van der Waals surface area contributed by atoms with Crippen molar-refractivity contribution in [1.29, 1.82) is 0 Å². The lowest BCUT2D eigenvalue weighted by Crippen LogP contribution is -2.62.